The van der Waals surface area contributed by atoms with Crippen molar-refractivity contribution in [3.05, 3.63) is 34.3 Å². The van der Waals surface area contributed by atoms with Crippen molar-refractivity contribution >= 4 is 17.5 Å². The second-order valence-corrected chi connectivity index (χ2v) is 4.28. The van der Waals surface area contributed by atoms with Gasteiger partial charge in [-0.05, 0) is 31.0 Å². The summed E-state index contributed by atoms with van der Waals surface area (Å²) in [5, 5.41) is 9.13. The molecule has 0 aromatic heterocycles. The highest BCUT2D eigenvalue weighted by Gasteiger charge is 2.17. The van der Waals surface area contributed by atoms with Crippen LogP contribution in [0.2, 0.25) is 5.02 Å². The van der Waals surface area contributed by atoms with Crippen molar-refractivity contribution in [2.75, 3.05) is 13.1 Å². The van der Waals surface area contributed by atoms with Crippen molar-refractivity contribution in [3.8, 4) is 6.07 Å². The molecule has 1 aromatic carbocycles. The number of aryl methyl sites for hydroxylation is 1. The number of carbonyl (C=O) groups is 1. The molecule has 0 heterocycles. The van der Waals surface area contributed by atoms with Gasteiger partial charge in [-0.1, -0.05) is 24.6 Å². The molecule has 0 N–H and O–H groups in total. The number of benzene rings is 1. The molecule has 0 atom stereocenters. The monoisotopic (exact) mass is 250 g/mol. The van der Waals surface area contributed by atoms with E-state index in [1.54, 1.807) is 12.1 Å². The topological polar surface area (TPSA) is 44.1 Å². The van der Waals surface area contributed by atoms with Crippen LogP contribution in [0.15, 0.2) is 18.2 Å². The number of hydrogen-bond acceptors (Lipinski definition) is 2. The molecule has 0 saturated heterocycles. The highest BCUT2D eigenvalue weighted by atomic mass is 35.5. The van der Waals surface area contributed by atoms with Gasteiger partial charge in [0.1, 0.15) is 6.54 Å². The molecule has 0 aliphatic rings. The first kappa shape index (κ1) is 13.5. The lowest BCUT2D eigenvalue weighted by Gasteiger charge is -2.19. The maximum Gasteiger partial charge on any atom is 0.256 e. The molecule has 17 heavy (non-hydrogen) atoms. The Kier molecular flexibility index (Phi) is 4.99. The Morgan fingerprint density at radius 3 is 2.76 bits per heavy atom. The van der Waals surface area contributed by atoms with Gasteiger partial charge in [0.25, 0.3) is 5.91 Å². The van der Waals surface area contributed by atoms with Crippen LogP contribution in [0, 0.1) is 18.3 Å². The lowest BCUT2D eigenvalue weighted by molar-refractivity contribution is 0.0776. The summed E-state index contributed by atoms with van der Waals surface area (Å²) in [7, 11) is 0. The van der Waals surface area contributed by atoms with Gasteiger partial charge in [0.15, 0.2) is 0 Å². The van der Waals surface area contributed by atoms with Crippen LogP contribution in [-0.4, -0.2) is 23.9 Å². The van der Waals surface area contributed by atoms with Crippen molar-refractivity contribution in [1.82, 2.24) is 4.90 Å². The zero-order chi connectivity index (χ0) is 12.8. The van der Waals surface area contributed by atoms with E-state index in [-0.39, 0.29) is 12.5 Å². The first-order valence-electron chi connectivity index (χ1n) is 5.52. The minimum Gasteiger partial charge on any atom is -0.325 e. The number of rotatable bonds is 4. The molecule has 1 aromatic rings. The maximum atomic E-state index is 12.1. The van der Waals surface area contributed by atoms with Crippen molar-refractivity contribution < 1.29 is 4.79 Å². The van der Waals surface area contributed by atoms with Crippen LogP contribution < -0.4 is 0 Å². The molecule has 4 heteroatoms. The molecule has 1 rings (SSSR count). The normalized spacial score (nSPS) is 9.76. The fraction of sp³-hybridized carbons (Fsp3) is 0.385. The molecule has 0 unspecified atom stereocenters. The summed E-state index contributed by atoms with van der Waals surface area (Å²) in [4.78, 5) is 13.7. The van der Waals surface area contributed by atoms with Crippen molar-refractivity contribution in [2.24, 2.45) is 0 Å². The molecular weight excluding hydrogens is 236 g/mol. The number of hydrogen-bond donors (Lipinski definition) is 0. The van der Waals surface area contributed by atoms with E-state index >= 15 is 0 Å². The average Bonchev–Trinajstić information content (AvgIpc) is 2.28. The lowest BCUT2D eigenvalue weighted by atomic mass is 10.1. The highest BCUT2D eigenvalue weighted by Crippen LogP contribution is 2.19. The molecule has 0 aliphatic heterocycles. The summed E-state index contributed by atoms with van der Waals surface area (Å²) in [5.41, 5.74) is 1.47. The second-order valence-electron chi connectivity index (χ2n) is 3.87. The van der Waals surface area contributed by atoms with Gasteiger partial charge in [0, 0.05) is 6.54 Å². The maximum absolute atomic E-state index is 12.1. The highest BCUT2D eigenvalue weighted by molar-refractivity contribution is 6.33. The average molecular weight is 251 g/mol. The number of nitrogens with zero attached hydrogens (tertiary/aromatic N) is 2. The van der Waals surface area contributed by atoms with Crippen molar-refractivity contribution in [2.45, 2.75) is 20.3 Å². The van der Waals surface area contributed by atoms with Crippen LogP contribution in [0.3, 0.4) is 0 Å². The predicted molar refractivity (Wildman–Crippen MR) is 68.0 cm³/mol. The number of amides is 1. The first-order valence-corrected chi connectivity index (χ1v) is 5.90. The van der Waals surface area contributed by atoms with Crippen LogP contribution in [0.1, 0.15) is 29.3 Å². The van der Waals surface area contributed by atoms with Gasteiger partial charge in [-0.15, -0.1) is 0 Å². The summed E-state index contributed by atoms with van der Waals surface area (Å²) >= 11 is 6.04. The van der Waals surface area contributed by atoms with Crippen LogP contribution in [-0.2, 0) is 0 Å². The number of nitriles is 1. The zero-order valence-corrected chi connectivity index (χ0v) is 10.8. The van der Waals surface area contributed by atoms with E-state index in [0.717, 1.165) is 12.0 Å². The molecule has 0 radical (unpaired) electrons. The second kappa shape index (κ2) is 6.27. The fourth-order valence-electron chi connectivity index (χ4n) is 1.57. The van der Waals surface area contributed by atoms with Crippen molar-refractivity contribution in [3.63, 3.8) is 0 Å². The number of halogens is 1. The van der Waals surface area contributed by atoms with Gasteiger partial charge >= 0.3 is 0 Å². The minimum absolute atomic E-state index is 0.0941. The Balaban J connectivity index is 2.97. The lowest BCUT2D eigenvalue weighted by Crippen LogP contribution is -2.32. The zero-order valence-electron chi connectivity index (χ0n) is 10.0. The summed E-state index contributed by atoms with van der Waals surface area (Å²) in [6, 6.07) is 7.30. The minimum atomic E-state index is -0.182. The summed E-state index contributed by atoms with van der Waals surface area (Å²) in [5.74, 6) is -0.182. The van der Waals surface area contributed by atoms with Crippen LogP contribution in [0.25, 0.3) is 0 Å². The number of carbonyl (C=O) groups excluding carboxylic acids is 1. The quantitative estimate of drug-likeness (QED) is 0.771. The van der Waals surface area contributed by atoms with Gasteiger partial charge in [0.05, 0.1) is 16.7 Å². The Morgan fingerprint density at radius 2 is 2.24 bits per heavy atom. The molecule has 0 fully saturated rings. The summed E-state index contributed by atoms with van der Waals surface area (Å²) in [6.45, 7) is 4.54. The molecule has 0 spiro atoms. The van der Waals surface area contributed by atoms with E-state index in [1.165, 1.54) is 4.90 Å². The molecular formula is C13H15ClN2O. The van der Waals surface area contributed by atoms with Gasteiger partial charge in [-0.25, -0.2) is 0 Å². The van der Waals surface area contributed by atoms with E-state index < -0.39 is 0 Å². The van der Waals surface area contributed by atoms with Gasteiger partial charge in [-0.2, -0.15) is 5.26 Å². The fourth-order valence-corrected chi connectivity index (χ4v) is 1.89. The van der Waals surface area contributed by atoms with Crippen LogP contribution in [0.4, 0.5) is 0 Å². The smallest absolute Gasteiger partial charge is 0.256 e. The van der Waals surface area contributed by atoms with Crippen LogP contribution in [0.5, 0.6) is 0 Å². The first-order chi connectivity index (χ1) is 8.10. The Hall–Kier alpha value is -1.53. The van der Waals surface area contributed by atoms with E-state index in [4.69, 9.17) is 16.9 Å². The molecule has 1 amide bonds. The van der Waals surface area contributed by atoms with Crippen molar-refractivity contribution in [1.29, 1.82) is 5.26 Å². The summed E-state index contributed by atoms with van der Waals surface area (Å²) < 4.78 is 0. The molecule has 0 aliphatic carbocycles. The van der Waals surface area contributed by atoms with E-state index in [9.17, 15) is 4.79 Å². The molecule has 3 nitrogen and oxygen atoms in total. The van der Waals surface area contributed by atoms with E-state index in [0.29, 0.717) is 17.1 Å². The van der Waals surface area contributed by atoms with Crippen LogP contribution >= 0.6 is 11.6 Å². The molecule has 90 valence electrons. The Bertz CT molecular complexity index is 451. The Morgan fingerprint density at radius 1 is 1.53 bits per heavy atom. The van der Waals surface area contributed by atoms with E-state index in [2.05, 4.69) is 0 Å². The summed E-state index contributed by atoms with van der Waals surface area (Å²) in [6.07, 6.45) is 0.816. The van der Waals surface area contributed by atoms with Gasteiger partial charge < -0.3 is 4.90 Å². The van der Waals surface area contributed by atoms with Gasteiger partial charge in [-0.3, -0.25) is 4.79 Å². The molecule has 0 bridgehead atoms. The Labute approximate surface area is 107 Å². The molecule has 0 saturated carbocycles. The van der Waals surface area contributed by atoms with E-state index in [1.807, 2.05) is 26.0 Å². The van der Waals surface area contributed by atoms with Gasteiger partial charge in [0.2, 0.25) is 0 Å². The standard InChI is InChI=1S/C13H15ClN2O/c1-3-7-16(8-6-15)13(17)11-5-4-10(2)9-12(11)14/h4-5,9H,3,7-8H2,1-2H3. The third kappa shape index (κ3) is 3.47. The third-order valence-corrected chi connectivity index (χ3v) is 2.71. The largest absolute Gasteiger partial charge is 0.325 e. The third-order valence-electron chi connectivity index (χ3n) is 2.40. The predicted octanol–water partition coefficient (Wildman–Crippen LogP) is 3.02. The SMILES string of the molecule is CCCN(CC#N)C(=O)c1ccc(C)cc1Cl.